The van der Waals surface area contributed by atoms with Crippen LogP contribution in [0.4, 0.5) is 0 Å². The van der Waals surface area contributed by atoms with Crippen LogP contribution in [0, 0.1) is 0 Å². The Balaban J connectivity index is 2.76. The Bertz CT molecular complexity index is 221. The second-order valence-electron chi connectivity index (χ2n) is 3.34. The van der Waals surface area contributed by atoms with Crippen molar-refractivity contribution in [1.29, 1.82) is 0 Å². The fourth-order valence-electron chi connectivity index (χ4n) is 1.50. The van der Waals surface area contributed by atoms with Crippen molar-refractivity contribution in [2.75, 3.05) is 19.8 Å². The molecule has 1 aliphatic rings. The monoisotopic (exact) mass is 220 g/mol. The molecule has 4 N–H and O–H groups in total. The summed E-state index contributed by atoms with van der Waals surface area (Å²) in [6.45, 7) is 2.40. The maximum atomic E-state index is 9.63. The first kappa shape index (κ1) is 12.6. The Morgan fingerprint density at radius 1 is 1.40 bits per heavy atom. The van der Waals surface area contributed by atoms with Crippen LogP contribution < -0.4 is 0 Å². The van der Waals surface area contributed by atoms with E-state index in [9.17, 15) is 10.2 Å². The maximum Gasteiger partial charge on any atom is 0.221 e. The molecular weight excluding hydrogens is 204 g/mol. The normalized spacial score (nSPS) is 40.7. The van der Waals surface area contributed by atoms with E-state index < -0.39 is 37.3 Å². The first-order valence-electron chi connectivity index (χ1n) is 4.62. The molecule has 1 rings (SSSR count). The average Bonchev–Trinajstić information content (AvgIpc) is 2.51. The van der Waals surface area contributed by atoms with Crippen molar-refractivity contribution in [2.45, 2.75) is 24.1 Å². The molecule has 0 amide bonds. The lowest BCUT2D eigenvalue weighted by Crippen LogP contribution is -2.48. The van der Waals surface area contributed by atoms with E-state index in [1.807, 2.05) is 0 Å². The van der Waals surface area contributed by atoms with Gasteiger partial charge in [-0.1, -0.05) is 6.08 Å². The molecule has 1 fully saturated rings. The van der Waals surface area contributed by atoms with E-state index in [1.165, 1.54) is 6.08 Å². The Morgan fingerprint density at radius 2 is 2.07 bits per heavy atom. The summed E-state index contributed by atoms with van der Waals surface area (Å²) in [5.41, 5.74) is 0. The van der Waals surface area contributed by atoms with Gasteiger partial charge >= 0.3 is 0 Å². The fourth-order valence-corrected chi connectivity index (χ4v) is 1.50. The summed E-state index contributed by atoms with van der Waals surface area (Å²) in [5, 5.41) is 37.1. The van der Waals surface area contributed by atoms with Gasteiger partial charge in [0.2, 0.25) is 5.79 Å². The minimum atomic E-state index is -1.68. The average molecular weight is 220 g/mol. The van der Waals surface area contributed by atoms with Crippen molar-refractivity contribution in [1.82, 2.24) is 0 Å². The summed E-state index contributed by atoms with van der Waals surface area (Å²) in [6.07, 6.45) is -2.23. The van der Waals surface area contributed by atoms with Gasteiger partial charge in [0.1, 0.15) is 24.9 Å². The molecule has 6 heteroatoms. The van der Waals surface area contributed by atoms with Crippen molar-refractivity contribution in [3.63, 3.8) is 0 Å². The van der Waals surface area contributed by atoms with Crippen molar-refractivity contribution in [2.24, 2.45) is 0 Å². The molecule has 1 aliphatic heterocycles. The lowest BCUT2D eigenvalue weighted by molar-refractivity contribution is -0.271. The third kappa shape index (κ3) is 2.20. The summed E-state index contributed by atoms with van der Waals surface area (Å²) in [7, 11) is 0. The highest BCUT2D eigenvalue weighted by molar-refractivity contribution is 4.96. The first-order valence-corrected chi connectivity index (χ1v) is 4.62. The highest BCUT2D eigenvalue weighted by atomic mass is 16.7. The molecule has 0 bridgehead atoms. The highest BCUT2D eigenvalue weighted by Gasteiger charge is 2.54. The topological polar surface area (TPSA) is 99.4 Å². The smallest absolute Gasteiger partial charge is 0.221 e. The van der Waals surface area contributed by atoms with Crippen molar-refractivity contribution in [3.8, 4) is 0 Å². The first-order chi connectivity index (χ1) is 7.11. The van der Waals surface area contributed by atoms with Gasteiger partial charge in [-0.3, -0.25) is 0 Å². The van der Waals surface area contributed by atoms with Gasteiger partial charge in [-0.15, -0.1) is 6.58 Å². The molecule has 4 atom stereocenters. The Hall–Kier alpha value is -0.500. The van der Waals surface area contributed by atoms with Crippen molar-refractivity contribution >= 4 is 0 Å². The number of hydrogen-bond donors (Lipinski definition) is 4. The Morgan fingerprint density at radius 3 is 2.47 bits per heavy atom. The number of rotatable bonds is 5. The molecule has 88 valence electrons. The standard InChI is InChI=1S/C9H16O6/c1-2-3-14-9(5-11)8(13)7(12)6(4-10)15-9/h2,6-8,10-13H,1,3-5H2/t6-,7-,8+,9-/m1/s1. The van der Waals surface area contributed by atoms with Gasteiger partial charge in [-0.2, -0.15) is 0 Å². The molecule has 0 radical (unpaired) electrons. The van der Waals surface area contributed by atoms with Crippen LogP contribution in [0.1, 0.15) is 0 Å². The van der Waals surface area contributed by atoms with Gasteiger partial charge < -0.3 is 29.9 Å². The predicted octanol–water partition coefficient (Wildman–Crippen LogP) is -2.01. The molecule has 0 spiro atoms. The van der Waals surface area contributed by atoms with Gasteiger partial charge in [0, 0.05) is 0 Å². The quantitative estimate of drug-likeness (QED) is 0.400. The number of hydrogen-bond acceptors (Lipinski definition) is 6. The summed E-state index contributed by atoms with van der Waals surface area (Å²) in [5.74, 6) is -1.68. The molecule has 0 saturated carbocycles. The van der Waals surface area contributed by atoms with Crippen LogP contribution in [0.15, 0.2) is 12.7 Å². The maximum absolute atomic E-state index is 9.63. The molecular formula is C9H16O6. The molecule has 0 aromatic carbocycles. The van der Waals surface area contributed by atoms with E-state index in [0.29, 0.717) is 0 Å². The Kier molecular flexibility index (Phi) is 4.21. The van der Waals surface area contributed by atoms with Crippen LogP contribution >= 0.6 is 0 Å². The zero-order valence-corrected chi connectivity index (χ0v) is 8.24. The van der Waals surface area contributed by atoms with Gasteiger partial charge in [-0.05, 0) is 0 Å². The van der Waals surface area contributed by atoms with E-state index >= 15 is 0 Å². The largest absolute Gasteiger partial charge is 0.394 e. The molecule has 6 nitrogen and oxygen atoms in total. The Labute approximate surface area is 87.4 Å². The lowest BCUT2D eigenvalue weighted by atomic mass is 10.1. The number of aliphatic hydroxyl groups is 4. The van der Waals surface area contributed by atoms with Gasteiger partial charge in [0.25, 0.3) is 0 Å². The minimum Gasteiger partial charge on any atom is -0.394 e. The van der Waals surface area contributed by atoms with Crippen molar-refractivity contribution in [3.05, 3.63) is 12.7 Å². The molecule has 1 heterocycles. The van der Waals surface area contributed by atoms with Crippen LogP contribution in [0.3, 0.4) is 0 Å². The molecule has 15 heavy (non-hydrogen) atoms. The van der Waals surface area contributed by atoms with E-state index in [-0.39, 0.29) is 6.61 Å². The lowest BCUT2D eigenvalue weighted by Gasteiger charge is -2.29. The summed E-state index contributed by atoms with van der Waals surface area (Å²) >= 11 is 0. The minimum absolute atomic E-state index is 0.0580. The number of ether oxygens (including phenoxy) is 2. The van der Waals surface area contributed by atoms with Crippen LogP contribution in [-0.2, 0) is 9.47 Å². The second-order valence-corrected chi connectivity index (χ2v) is 3.34. The van der Waals surface area contributed by atoms with E-state index in [0.717, 1.165) is 0 Å². The molecule has 0 aliphatic carbocycles. The fraction of sp³-hybridized carbons (Fsp3) is 0.778. The SMILES string of the molecule is C=CCO[C@]1(CO)O[C@H](CO)[C@@H](O)[C@@H]1O. The van der Waals surface area contributed by atoms with Crippen LogP contribution in [-0.4, -0.2) is 64.3 Å². The van der Waals surface area contributed by atoms with Crippen LogP contribution in [0.25, 0.3) is 0 Å². The molecule has 0 unspecified atom stereocenters. The van der Waals surface area contributed by atoms with Gasteiger partial charge in [-0.25, -0.2) is 0 Å². The summed E-state index contributed by atoms with van der Waals surface area (Å²) in [4.78, 5) is 0. The number of aliphatic hydroxyl groups excluding tert-OH is 4. The van der Waals surface area contributed by atoms with Gasteiger partial charge in [0.05, 0.1) is 13.2 Å². The molecule has 0 aromatic rings. The van der Waals surface area contributed by atoms with Gasteiger partial charge in [0.15, 0.2) is 0 Å². The zero-order chi connectivity index (χ0) is 11.5. The third-order valence-electron chi connectivity index (χ3n) is 2.35. The zero-order valence-electron chi connectivity index (χ0n) is 8.24. The predicted molar refractivity (Wildman–Crippen MR) is 49.9 cm³/mol. The van der Waals surface area contributed by atoms with Crippen LogP contribution in [0.2, 0.25) is 0 Å². The second kappa shape index (κ2) is 5.02. The van der Waals surface area contributed by atoms with Crippen molar-refractivity contribution < 1.29 is 29.9 Å². The molecule has 1 saturated heterocycles. The van der Waals surface area contributed by atoms with E-state index in [4.69, 9.17) is 19.7 Å². The van der Waals surface area contributed by atoms with E-state index in [1.54, 1.807) is 0 Å². The molecule has 0 aromatic heterocycles. The third-order valence-corrected chi connectivity index (χ3v) is 2.35. The highest BCUT2D eigenvalue weighted by Crippen LogP contribution is 2.32. The van der Waals surface area contributed by atoms with Crippen LogP contribution in [0.5, 0.6) is 0 Å². The summed E-state index contributed by atoms with van der Waals surface area (Å²) in [6, 6.07) is 0. The van der Waals surface area contributed by atoms with E-state index in [2.05, 4.69) is 6.58 Å². The summed E-state index contributed by atoms with van der Waals surface area (Å²) < 4.78 is 10.2.